The number of aliphatic hydroxyl groups is 1. The minimum absolute atomic E-state index is 0.0689. The third kappa shape index (κ3) is 6.19. The summed E-state index contributed by atoms with van der Waals surface area (Å²) in [6.45, 7) is 9.14. The first-order valence-electron chi connectivity index (χ1n) is 11.5. The topological polar surface area (TPSA) is 79.3 Å². The van der Waals surface area contributed by atoms with Crippen molar-refractivity contribution < 1.29 is 24.2 Å². The number of ether oxygens (including phenoxy) is 2. The molecule has 1 heterocycles. The lowest BCUT2D eigenvalue weighted by molar-refractivity contribution is -0.139. The first-order chi connectivity index (χ1) is 16.9. The van der Waals surface area contributed by atoms with Crippen LogP contribution in [0.5, 0.6) is 11.5 Å². The summed E-state index contributed by atoms with van der Waals surface area (Å²) in [6.07, 6.45) is 3.98. The molecule has 184 valence electrons. The number of hydrogen-bond donors (Lipinski definition) is 1. The number of nitrogens with zero attached hydrogens (tertiary/aromatic N) is 2. The molecule has 0 spiro atoms. The van der Waals surface area contributed by atoms with Crippen molar-refractivity contribution in [2.75, 3.05) is 40.4 Å². The van der Waals surface area contributed by atoms with Gasteiger partial charge in [0, 0.05) is 12.1 Å². The molecule has 1 atom stereocenters. The van der Waals surface area contributed by atoms with Gasteiger partial charge in [0.1, 0.15) is 30.5 Å². The molecular formula is C28H32N2O5. The van der Waals surface area contributed by atoms with Crippen molar-refractivity contribution in [1.29, 1.82) is 0 Å². The minimum Gasteiger partial charge on any atom is -0.507 e. The summed E-state index contributed by atoms with van der Waals surface area (Å²) in [7, 11) is 3.91. The molecule has 0 bridgehead atoms. The van der Waals surface area contributed by atoms with Crippen molar-refractivity contribution in [2.24, 2.45) is 0 Å². The Hall–Kier alpha value is -3.84. The Morgan fingerprint density at radius 3 is 2.03 bits per heavy atom. The molecule has 7 heteroatoms. The summed E-state index contributed by atoms with van der Waals surface area (Å²) >= 11 is 0. The van der Waals surface area contributed by atoms with E-state index in [4.69, 9.17) is 9.47 Å². The van der Waals surface area contributed by atoms with Crippen LogP contribution in [0.1, 0.15) is 23.6 Å². The number of ketones is 1. The molecule has 3 rings (SSSR count). The van der Waals surface area contributed by atoms with E-state index in [2.05, 4.69) is 13.2 Å². The van der Waals surface area contributed by atoms with Crippen LogP contribution in [0.2, 0.25) is 0 Å². The van der Waals surface area contributed by atoms with Crippen molar-refractivity contribution in [3.05, 3.63) is 90.5 Å². The van der Waals surface area contributed by atoms with Gasteiger partial charge in [-0.2, -0.15) is 0 Å². The second-order valence-corrected chi connectivity index (χ2v) is 8.44. The predicted molar refractivity (Wildman–Crippen MR) is 136 cm³/mol. The largest absolute Gasteiger partial charge is 0.507 e. The normalized spacial score (nSPS) is 17.0. The molecule has 1 aliphatic rings. The van der Waals surface area contributed by atoms with Gasteiger partial charge in [0.2, 0.25) is 0 Å². The molecule has 35 heavy (non-hydrogen) atoms. The summed E-state index contributed by atoms with van der Waals surface area (Å²) in [5, 5.41) is 11.2. The van der Waals surface area contributed by atoms with Crippen LogP contribution < -0.4 is 9.47 Å². The van der Waals surface area contributed by atoms with Crippen LogP contribution in [0, 0.1) is 0 Å². The molecule has 1 fully saturated rings. The zero-order valence-electron chi connectivity index (χ0n) is 20.3. The van der Waals surface area contributed by atoms with Crippen LogP contribution in [0.4, 0.5) is 0 Å². The SMILES string of the molecule is C=CCOc1ccc(C(O)=C2C(=O)C(=O)N(CCCN(C)C)[C@H]2c2ccc(OCC=C)cc2)cc1. The Kier molecular flexibility index (Phi) is 8.86. The highest BCUT2D eigenvalue weighted by atomic mass is 16.5. The van der Waals surface area contributed by atoms with E-state index < -0.39 is 17.7 Å². The van der Waals surface area contributed by atoms with E-state index in [1.165, 1.54) is 0 Å². The van der Waals surface area contributed by atoms with Gasteiger partial charge in [0.05, 0.1) is 11.6 Å². The van der Waals surface area contributed by atoms with Crippen molar-refractivity contribution in [2.45, 2.75) is 12.5 Å². The number of carbonyl (C=O) groups excluding carboxylic acids is 2. The van der Waals surface area contributed by atoms with Gasteiger partial charge in [-0.3, -0.25) is 9.59 Å². The van der Waals surface area contributed by atoms with Gasteiger partial charge in [0.15, 0.2) is 0 Å². The number of rotatable bonds is 12. The number of likely N-dealkylation sites (tertiary alicyclic amines) is 1. The van der Waals surface area contributed by atoms with Crippen molar-refractivity contribution in [3.8, 4) is 11.5 Å². The van der Waals surface area contributed by atoms with Crippen molar-refractivity contribution in [3.63, 3.8) is 0 Å². The minimum atomic E-state index is -0.706. The van der Waals surface area contributed by atoms with E-state index in [9.17, 15) is 14.7 Å². The summed E-state index contributed by atoms with van der Waals surface area (Å²) in [5.41, 5.74) is 1.21. The van der Waals surface area contributed by atoms with E-state index >= 15 is 0 Å². The van der Waals surface area contributed by atoms with Gasteiger partial charge in [-0.1, -0.05) is 37.4 Å². The quantitative estimate of drug-likeness (QED) is 0.214. The first-order valence-corrected chi connectivity index (χ1v) is 11.5. The lowest BCUT2D eigenvalue weighted by Crippen LogP contribution is -2.32. The third-order valence-corrected chi connectivity index (χ3v) is 5.60. The summed E-state index contributed by atoms with van der Waals surface area (Å²) < 4.78 is 11.1. The van der Waals surface area contributed by atoms with Gasteiger partial charge in [-0.25, -0.2) is 0 Å². The first kappa shape index (κ1) is 25.8. The fraction of sp³-hybridized carbons (Fsp3) is 0.286. The van der Waals surface area contributed by atoms with Crippen molar-refractivity contribution in [1.82, 2.24) is 9.80 Å². The van der Waals surface area contributed by atoms with Gasteiger partial charge in [0.25, 0.3) is 11.7 Å². The van der Waals surface area contributed by atoms with Gasteiger partial charge in [-0.15, -0.1) is 0 Å². The number of aliphatic hydroxyl groups excluding tert-OH is 1. The lowest BCUT2D eigenvalue weighted by Gasteiger charge is -2.26. The molecule has 1 aliphatic heterocycles. The number of benzene rings is 2. The van der Waals surface area contributed by atoms with Gasteiger partial charge in [-0.05, 0) is 69.0 Å². The molecule has 0 aromatic heterocycles. The summed E-state index contributed by atoms with van der Waals surface area (Å²) in [4.78, 5) is 29.7. The molecule has 1 saturated heterocycles. The molecule has 7 nitrogen and oxygen atoms in total. The van der Waals surface area contributed by atoms with Gasteiger partial charge >= 0.3 is 0 Å². The van der Waals surface area contributed by atoms with Crippen LogP contribution in [0.25, 0.3) is 5.76 Å². The van der Waals surface area contributed by atoms with Crippen LogP contribution in [-0.2, 0) is 9.59 Å². The van der Waals surface area contributed by atoms with E-state index in [0.717, 1.165) is 6.54 Å². The Morgan fingerprint density at radius 1 is 0.971 bits per heavy atom. The molecule has 0 unspecified atom stereocenters. The fourth-order valence-electron chi connectivity index (χ4n) is 3.94. The molecule has 0 aliphatic carbocycles. The molecule has 0 saturated carbocycles. The van der Waals surface area contributed by atoms with E-state index in [0.29, 0.717) is 48.8 Å². The number of hydrogen-bond acceptors (Lipinski definition) is 6. The highest BCUT2D eigenvalue weighted by Gasteiger charge is 2.45. The maximum absolute atomic E-state index is 13.1. The second-order valence-electron chi connectivity index (χ2n) is 8.44. The van der Waals surface area contributed by atoms with E-state index in [1.54, 1.807) is 53.5 Å². The second kappa shape index (κ2) is 12.0. The highest BCUT2D eigenvalue weighted by Crippen LogP contribution is 2.40. The van der Waals surface area contributed by atoms with Crippen LogP contribution >= 0.6 is 0 Å². The smallest absolute Gasteiger partial charge is 0.295 e. The maximum Gasteiger partial charge on any atom is 0.295 e. The zero-order chi connectivity index (χ0) is 25.4. The average molecular weight is 477 g/mol. The monoisotopic (exact) mass is 476 g/mol. The Labute approximate surface area is 206 Å². The third-order valence-electron chi connectivity index (χ3n) is 5.60. The van der Waals surface area contributed by atoms with Crippen LogP contribution in [0.15, 0.2) is 79.4 Å². The molecule has 2 aromatic carbocycles. The Morgan fingerprint density at radius 2 is 1.51 bits per heavy atom. The van der Waals surface area contributed by atoms with E-state index in [1.807, 2.05) is 31.1 Å². The van der Waals surface area contributed by atoms with E-state index in [-0.39, 0.29) is 11.3 Å². The van der Waals surface area contributed by atoms with Crippen LogP contribution in [0.3, 0.4) is 0 Å². The Bertz CT molecular complexity index is 1090. The molecule has 0 radical (unpaired) electrons. The van der Waals surface area contributed by atoms with Gasteiger partial charge < -0.3 is 24.4 Å². The predicted octanol–water partition coefficient (Wildman–Crippen LogP) is 4.19. The molecule has 1 N–H and O–H groups in total. The van der Waals surface area contributed by atoms with Crippen LogP contribution in [-0.4, -0.2) is 67.0 Å². The number of carbonyl (C=O) groups is 2. The maximum atomic E-state index is 13.1. The average Bonchev–Trinajstić information content (AvgIpc) is 3.11. The highest BCUT2D eigenvalue weighted by molar-refractivity contribution is 6.46. The molecular weight excluding hydrogens is 444 g/mol. The number of Topliss-reactive ketones (excluding diaryl/α,β-unsaturated/α-hetero) is 1. The zero-order valence-corrected chi connectivity index (χ0v) is 20.3. The number of amides is 1. The summed E-state index contributed by atoms with van der Waals surface area (Å²) in [6, 6.07) is 13.2. The van der Waals surface area contributed by atoms with Crippen molar-refractivity contribution >= 4 is 17.4 Å². The summed E-state index contributed by atoms with van der Waals surface area (Å²) in [5.74, 6) is -0.277. The standard InChI is InChI=1S/C28H32N2O5/c1-5-18-34-22-12-8-20(9-13-22)25-24(27(32)28(33)30(25)17-7-16-29(3)4)26(31)21-10-14-23(15-11-21)35-19-6-2/h5-6,8-15,25,31H,1-2,7,16-19H2,3-4H3/t25-/m0/s1. The molecule has 1 amide bonds. The Balaban J connectivity index is 2.00. The lowest BCUT2D eigenvalue weighted by atomic mass is 9.95. The molecule has 2 aromatic rings. The fourth-order valence-corrected chi connectivity index (χ4v) is 3.94.